The van der Waals surface area contributed by atoms with Gasteiger partial charge in [0, 0.05) is 31.1 Å². The number of hydrogen-bond donors (Lipinski definition) is 2. The molecule has 28 heavy (non-hydrogen) atoms. The summed E-state index contributed by atoms with van der Waals surface area (Å²) in [5.74, 6) is 3.02. The summed E-state index contributed by atoms with van der Waals surface area (Å²) < 4.78 is 5.62. The number of nitrogens with one attached hydrogen (secondary N) is 2. The van der Waals surface area contributed by atoms with Gasteiger partial charge in [-0.2, -0.15) is 0 Å². The van der Waals surface area contributed by atoms with Gasteiger partial charge in [-0.3, -0.25) is 4.90 Å². The lowest BCUT2D eigenvalue weighted by atomic mass is 9.98. The third-order valence-corrected chi connectivity index (χ3v) is 5.77. The predicted molar refractivity (Wildman–Crippen MR) is 127 cm³/mol. The first kappa shape index (κ1) is 23.2. The van der Waals surface area contributed by atoms with E-state index in [1.807, 2.05) is 25.2 Å². The fourth-order valence-electron chi connectivity index (χ4n) is 3.42. The first-order chi connectivity index (χ1) is 13.1. The number of oxazole rings is 1. The number of aliphatic imine (C=N–C) groups is 1. The van der Waals surface area contributed by atoms with Gasteiger partial charge in [-0.05, 0) is 57.5 Å². The highest BCUT2D eigenvalue weighted by molar-refractivity contribution is 14.0. The standard InChI is InChI=1S/C20H31N5OS.HI/c1-4-21-20(23-12-19-24-15(2)16(3)26-19)22-11-17-7-5-9-25(13-17)14-18-8-6-10-27-18;/h6,8,10,17H,4-5,7,9,11-14H2,1-3H3,(H2,21,22,23);1H. The lowest BCUT2D eigenvalue weighted by Crippen LogP contribution is -2.44. The van der Waals surface area contributed by atoms with Crippen molar-refractivity contribution >= 4 is 41.3 Å². The third kappa shape index (κ3) is 7.04. The molecule has 0 spiro atoms. The zero-order chi connectivity index (χ0) is 19.1. The number of thiophene rings is 1. The van der Waals surface area contributed by atoms with E-state index in [-0.39, 0.29) is 24.0 Å². The second-order valence-electron chi connectivity index (χ2n) is 7.15. The van der Waals surface area contributed by atoms with Gasteiger partial charge in [0.15, 0.2) is 5.96 Å². The molecule has 1 unspecified atom stereocenters. The summed E-state index contributed by atoms with van der Waals surface area (Å²) in [7, 11) is 0. The highest BCUT2D eigenvalue weighted by atomic mass is 127. The van der Waals surface area contributed by atoms with Crippen LogP contribution in [-0.2, 0) is 13.1 Å². The molecule has 0 aliphatic carbocycles. The fraction of sp³-hybridized carbons (Fsp3) is 0.600. The van der Waals surface area contributed by atoms with Crippen LogP contribution in [0.3, 0.4) is 0 Å². The van der Waals surface area contributed by atoms with E-state index in [1.165, 1.54) is 24.3 Å². The molecule has 156 valence electrons. The Balaban J connectivity index is 0.00000280. The molecular weight excluding hydrogens is 485 g/mol. The van der Waals surface area contributed by atoms with Crippen molar-refractivity contribution in [1.82, 2.24) is 20.5 Å². The van der Waals surface area contributed by atoms with E-state index >= 15 is 0 Å². The highest BCUT2D eigenvalue weighted by Crippen LogP contribution is 2.20. The Bertz CT molecular complexity index is 712. The molecule has 0 radical (unpaired) electrons. The van der Waals surface area contributed by atoms with E-state index < -0.39 is 0 Å². The van der Waals surface area contributed by atoms with Crippen molar-refractivity contribution in [3.63, 3.8) is 0 Å². The molecule has 0 bridgehead atoms. The number of halogens is 1. The Labute approximate surface area is 189 Å². The molecule has 1 atom stereocenters. The SMILES string of the molecule is CCNC(=NCc1nc(C)c(C)o1)NCC1CCCN(Cc2cccs2)C1.I. The zero-order valence-electron chi connectivity index (χ0n) is 17.0. The van der Waals surface area contributed by atoms with Gasteiger partial charge in [-0.25, -0.2) is 9.98 Å². The molecule has 1 aliphatic heterocycles. The van der Waals surface area contributed by atoms with Crippen molar-refractivity contribution in [1.29, 1.82) is 0 Å². The first-order valence-electron chi connectivity index (χ1n) is 9.84. The average molecular weight is 517 g/mol. The number of hydrogen-bond acceptors (Lipinski definition) is 5. The molecule has 0 saturated carbocycles. The van der Waals surface area contributed by atoms with Crippen LogP contribution in [0, 0.1) is 19.8 Å². The number of rotatable bonds is 7. The number of likely N-dealkylation sites (tertiary alicyclic amines) is 1. The van der Waals surface area contributed by atoms with Gasteiger partial charge in [0.2, 0.25) is 5.89 Å². The van der Waals surface area contributed by atoms with Crippen LogP contribution in [0.2, 0.25) is 0 Å². The summed E-state index contributed by atoms with van der Waals surface area (Å²) in [5.41, 5.74) is 0.936. The lowest BCUT2D eigenvalue weighted by Gasteiger charge is -2.32. The Morgan fingerprint density at radius 3 is 2.93 bits per heavy atom. The van der Waals surface area contributed by atoms with E-state index in [2.05, 4.69) is 49.9 Å². The molecule has 0 aromatic carbocycles. The topological polar surface area (TPSA) is 65.7 Å². The van der Waals surface area contributed by atoms with Gasteiger partial charge < -0.3 is 15.1 Å². The molecule has 1 fully saturated rings. The summed E-state index contributed by atoms with van der Waals surface area (Å²) in [6.07, 6.45) is 2.53. The third-order valence-electron chi connectivity index (χ3n) is 4.91. The van der Waals surface area contributed by atoms with Gasteiger partial charge in [0.25, 0.3) is 0 Å². The summed E-state index contributed by atoms with van der Waals surface area (Å²) >= 11 is 1.85. The molecule has 8 heteroatoms. The molecular formula is C20H32IN5OS. The number of nitrogens with zero attached hydrogens (tertiary/aromatic N) is 3. The van der Waals surface area contributed by atoms with Crippen LogP contribution in [0.5, 0.6) is 0 Å². The van der Waals surface area contributed by atoms with Crippen LogP contribution in [0.25, 0.3) is 0 Å². The van der Waals surface area contributed by atoms with Gasteiger partial charge in [0.1, 0.15) is 12.3 Å². The Hall–Kier alpha value is -1.13. The normalized spacial score (nSPS) is 18.0. The van der Waals surface area contributed by atoms with Crippen LogP contribution < -0.4 is 10.6 Å². The van der Waals surface area contributed by atoms with E-state index in [1.54, 1.807) is 0 Å². The lowest BCUT2D eigenvalue weighted by molar-refractivity contribution is 0.169. The van der Waals surface area contributed by atoms with Crippen molar-refractivity contribution in [2.75, 3.05) is 26.2 Å². The molecule has 3 rings (SSSR count). The molecule has 2 N–H and O–H groups in total. The predicted octanol–water partition coefficient (Wildman–Crippen LogP) is 3.94. The van der Waals surface area contributed by atoms with E-state index in [4.69, 9.17) is 4.42 Å². The summed E-state index contributed by atoms with van der Waals surface area (Å²) in [6.45, 7) is 11.6. The van der Waals surface area contributed by atoms with Crippen molar-refractivity contribution in [2.24, 2.45) is 10.9 Å². The quantitative estimate of drug-likeness (QED) is 0.331. The largest absolute Gasteiger partial charge is 0.444 e. The van der Waals surface area contributed by atoms with Crippen LogP contribution in [0.15, 0.2) is 26.9 Å². The smallest absolute Gasteiger partial charge is 0.216 e. The number of guanidine groups is 1. The summed E-state index contributed by atoms with van der Waals surface area (Å²) in [5, 5.41) is 8.99. The van der Waals surface area contributed by atoms with Crippen LogP contribution in [-0.4, -0.2) is 42.0 Å². The van der Waals surface area contributed by atoms with E-state index in [0.29, 0.717) is 18.4 Å². The van der Waals surface area contributed by atoms with Gasteiger partial charge >= 0.3 is 0 Å². The maximum atomic E-state index is 5.62. The van der Waals surface area contributed by atoms with Crippen molar-refractivity contribution in [2.45, 2.75) is 46.7 Å². The number of aromatic nitrogens is 1. The van der Waals surface area contributed by atoms with Crippen molar-refractivity contribution in [3.05, 3.63) is 39.7 Å². The fourth-order valence-corrected chi connectivity index (χ4v) is 4.17. The van der Waals surface area contributed by atoms with E-state index in [9.17, 15) is 0 Å². The zero-order valence-corrected chi connectivity index (χ0v) is 20.2. The molecule has 2 aromatic heterocycles. The summed E-state index contributed by atoms with van der Waals surface area (Å²) in [4.78, 5) is 13.1. The van der Waals surface area contributed by atoms with Crippen LogP contribution >= 0.6 is 35.3 Å². The van der Waals surface area contributed by atoms with Gasteiger partial charge in [0.05, 0.1) is 5.69 Å². The molecule has 1 aliphatic rings. The highest BCUT2D eigenvalue weighted by Gasteiger charge is 2.20. The van der Waals surface area contributed by atoms with Crippen LogP contribution in [0.1, 0.15) is 42.0 Å². The second kappa shape index (κ2) is 11.8. The second-order valence-corrected chi connectivity index (χ2v) is 8.18. The molecule has 2 aromatic rings. The Morgan fingerprint density at radius 1 is 1.39 bits per heavy atom. The Morgan fingerprint density at radius 2 is 2.25 bits per heavy atom. The maximum absolute atomic E-state index is 5.62. The van der Waals surface area contributed by atoms with Crippen LogP contribution in [0.4, 0.5) is 0 Å². The van der Waals surface area contributed by atoms with Gasteiger partial charge in [-0.15, -0.1) is 35.3 Å². The van der Waals surface area contributed by atoms with Gasteiger partial charge in [-0.1, -0.05) is 6.07 Å². The maximum Gasteiger partial charge on any atom is 0.216 e. The Kier molecular flexibility index (Phi) is 9.73. The van der Waals surface area contributed by atoms with E-state index in [0.717, 1.165) is 43.6 Å². The minimum absolute atomic E-state index is 0. The number of aryl methyl sites for hydroxylation is 2. The molecule has 3 heterocycles. The van der Waals surface area contributed by atoms with Crippen molar-refractivity contribution < 1.29 is 4.42 Å². The summed E-state index contributed by atoms with van der Waals surface area (Å²) in [6, 6.07) is 4.37. The van der Waals surface area contributed by atoms with Crippen molar-refractivity contribution in [3.8, 4) is 0 Å². The number of piperidine rings is 1. The molecule has 6 nitrogen and oxygen atoms in total. The molecule has 0 amide bonds. The minimum Gasteiger partial charge on any atom is -0.444 e. The monoisotopic (exact) mass is 517 g/mol. The molecule has 1 saturated heterocycles. The minimum atomic E-state index is 0. The average Bonchev–Trinajstić information content (AvgIpc) is 3.28. The first-order valence-corrected chi connectivity index (χ1v) is 10.7.